The molecular formula is C14H18N4O3. The summed E-state index contributed by atoms with van der Waals surface area (Å²) in [5.74, 6) is 0.558. The molecule has 1 aromatic heterocycles. The van der Waals surface area contributed by atoms with Crippen molar-refractivity contribution < 1.29 is 9.66 Å². The first kappa shape index (κ1) is 15.0. The van der Waals surface area contributed by atoms with Gasteiger partial charge in [0.25, 0.3) is 5.69 Å². The molecule has 0 aliphatic rings. The maximum absolute atomic E-state index is 10.8. The second-order valence-electron chi connectivity index (χ2n) is 4.65. The summed E-state index contributed by atoms with van der Waals surface area (Å²) in [7, 11) is 1.86. The van der Waals surface area contributed by atoms with Crippen LogP contribution in [0.5, 0.6) is 5.75 Å². The van der Waals surface area contributed by atoms with Gasteiger partial charge in [0, 0.05) is 31.3 Å². The molecule has 0 aliphatic heterocycles. The van der Waals surface area contributed by atoms with Crippen molar-refractivity contribution in [2.45, 2.75) is 26.5 Å². The molecule has 2 rings (SSSR count). The fourth-order valence-electron chi connectivity index (χ4n) is 2.01. The Labute approximate surface area is 122 Å². The van der Waals surface area contributed by atoms with Crippen molar-refractivity contribution >= 4 is 5.69 Å². The van der Waals surface area contributed by atoms with Crippen LogP contribution >= 0.6 is 0 Å². The Bertz CT molecular complexity index is 652. The van der Waals surface area contributed by atoms with Gasteiger partial charge in [0.2, 0.25) is 0 Å². The molecule has 0 saturated carbocycles. The minimum absolute atomic E-state index is 0.0107. The topological polar surface area (TPSA) is 96.2 Å². The predicted molar refractivity (Wildman–Crippen MR) is 77.9 cm³/mol. The SMILES string of the molecule is CCc1cc(COc2ccc([N+](=O)[O-])cc2CN)n(C)n1. The molecule has 2 N–H and O–H groups in total. The van der Waals surface area contributed by atoms with Crippen molar-refractivity contribution in [1.82, 2.24) is 9.78 Å². The van der Waals surface area contributed by atoms with Crippen LogP contribution in [0.3, 0.4) is 0 Å². The van der Waals surface area contributed by atoms with Gasteiger partial charge in [-0.2, -0.15) is 5.10 Å². The number of hydrogen-bond acceptors (Lipinski definition) is 5. The van der Waals surface area contributed by atoms with Gasteiger partial charge in [0.05, 0.1) is 16.3 Å². The smallest absolute Gasteiger partial charge is 0.270 e. The minimum atomic E-state index is -0.447. The van der Waals surface area contributed by atoms with Gasteiger partial charge >= 0.3 is 0 Å². The van der Waals surface area contributed by atoms with Gasteiger partial charge in [-0.25, -0.2) is 0 Å². The number of nitrogens with zero attached hydrogens (tertiary/aromatic N) is 3. The Balaban J connectivity index is 2.15. The monoisotopic (exact) mass is 290 g/mol. The highest BCUT2D eigenvalue weighted by molar-refractivity contribution is 5.43. The summed E-state index contributed by atoms with van der Waals surface area (Å²) in [5.41, 5.74) is 8.18. The highest BCUT2D eigenvalue weighted by Gasteiger charge is 2.12. The van der Waals surface area contributed by atoms with Crippen LogP contribution in [0.25, 0.3) is 0 Å². The Hall–Kier alpha value is -2.41. The molecule has 0 saturated heterocycles. The first-order chi connectivity index (χ1) is 10.0. The average Bonchev–Trinajstić information content (AvgIpc) is 2.85. The molecule has 0 atom stereocenters. The number of non-ortho nitro benzene ring substituents is 1. The number of nitro benzene ring substituents is 1. The zero-order chi connectivity index (χ0) is 15.4. The normalized spacial score (nSPS) is 10.6. The standard InChI is InChI=1S/C14H18N4O3/c1-3-11-7-13(17(2)16-11)9-21-14-5-4-12(18(19)20)6-10(14)8-15/h4-7H,3,8-9,15H2,1-2H3. The first-order valence-corrected chi connectivity index (χ1v) is 6.67. The lowest BCUT2D eigenvalue weighted by Crippen LogP contribution is -2.06. The number of hydrogen-bond donors (Lipinski definition) is 1. The first-order valence-electron chi connectivity index (χ1n) is 6.67. The van der Waals surface area contributed by atoms with Crippen LogP contribution in [0, 0.1) is 10.1 Å². The van der Waals surface area contributed by atoms with Gasteiger partial charge in [0.1, 0.15) is 12.4 Å². The van der Waals surface area contributed by atoms with E-state index in [1.165, 1.54) is 12.1 Å². The zero-order valence-electron chi connectivity index (χ0n) is 12.1. The highest BCUT2D eigenvalue weighted by atomic mass is 16.6. The van der Waals surface area contributed by atoms with Crippen molar-refractivity contribution in [1.29, 1.82) is 0 Å². The summed E-state index contributed by atoms with van der Waals surface area (Å²) < 4.78 is 7.49. The summed E-state index contributed by atoms with van der Waals surface area (Å²) in [4.78, 5) is 10.3. The highest BCUT2D eigenvalue weighted by Crippen LogP contribution is 2.24. The third kappa shape index (κ3) is 3.38. The van der Waals surface area contributed by atoms with Crippen LogP contribution in [0.2, 0.25) is 0 Å². The largest absolute Gasteiger partial charge is 0.487 e. The third-order valence-corrected chi connectivity index (χ3v) is 3.24. The van der Waals surface area contributed by atoms with E-state index in [1.54, 1.807) is 10.7 Å². The lowest BCUT2D eigenvalue weighted by molar-refractivity contribution is -0.384. The second kappa shape index (κ2) is 6.36. The van der Waals surface area contributed by atoms with E-state index in [2.05, 4.69) is 5.10 Å². The molecule has 1 aromatic carbocycles. The molecular weight excluding hydrogens is 272 g/mol. The Morgan fingerprint density at radius 3 is 2.76 bits per heavy atom. The van der Waals surface area contributed by atoms with E-state index in [4.69, 9.17) is 10.5 Å². The van der Waals surface area contributed by atoms with Crippen LogP contribution in [0.4, 0.5) is 5.69 Å². The molecule has 2 aromatic rings. The van der Waals surface area contributed by atoms with E-state index in [9.17, 15) is 10.1 Å². The lowest BCUT2D eigenvalue weighted by atomic mass is 10.2. The lowest BCUT2D eigenvalue weighted by Gasteiger charge is -2.10. The number of ether oxygens (including phenoxy) is 1. The number of nitro groups is 1. The van der Waals surface area contributed by atoms with Crippen molar-refractivity contribution in [3.63, 3.8) is 0 Å². The van der Waals surface area contributed by atoms with Crippen LogP contribution in [-0.2, 0) is 26.6 Å². The molecule has 0 aliphatic carbocycles. The summed E-state index contributed by atoms with van der Waals surface area (Å²) in [6.07, 6.45) is 0.861. The van der Waals surface area contributed by atoms with E-state index < -0.39 is 4.92 Å². The van der Waals surface area contributed by atoms with Gasteiger partial charge < -0.3 is 10.5 Å². The molecule has 112 valence electrons. The fraction of sp³-hybridized carbons (Fsp3) is 0.357. The minimum Gasteiger partial charge on any atom is -0.487 e. The second-order valence-corrected chi connectivity index (χ2v) is 4.65. The molecule has 7 heteroatoms. The van der Waals surface area contributed by atoms with Gasteiger partial charge in [-0.1, -0.05) is 6.92 Å². The van der Waals surface area contributed by atoms with Gasteiger partial charge in [-0.05, 0) is 18.6 Å². The summed E-state index contributed by atoms with van der Waals surface area (Å²) >= 11 is 0. The van der Waals surface area contributed by atoms with E-state index in [0.29, 0.717) is 17.9 Å². The van der Waals surface area contributed by atoms with Crippen molar-refractivity contribution in [3.8, 4) is 5.75 Å². The number of aromatic nitrogens is 2. The van der Waals surface area contributed by atoms with E-state index >= 15 is 0 Å². The summed E-state index contributed by atoms with van der Waals surface area (Å²) in [6.45, 7) is 2.56. The quantitative estimate of drug-likeness (QED) is 0.647. The number of nitrogens with two attached hydrogens (primary N) is 1. The third-order valence-electron chi connectivity index (χ3n) is 3.24. The molecule has 0 radical (unpaired) electrons. The van der Waals surface area contributed by atoms with Gasteiger partial charge in [-0.15, -0.1) is 0 Å². The average molecular weight is 290 g/mol. The molecule has 0 bridgehead atoms. The van der Waals surface area contributed by atoms with Crippen LogP contribution in [0.1, 0.15) is 23.9 Å². The fourth-order valence-corrected chi connectivity index (χ4v) is 2.01. The number of benzene rings is 1. The van der Waals surface area contributed by atoms with Crippen LogP contribution in [0.15, 0.2) is 24.3 Å². The van der Waals surface area contributed by atoms with E-state index in [1.807, 2.05) is 20.0 Å². The Kier molecular flexibility index (Phi) is 4.54. The molecule has 0 spiro atoms. The maximum atomic E-state index is 10.8. The van der Waals surface area contributed by atoms with Crippen LogP contribution in [-0.4, -0.2) is 14.7 Å². The molecule has 1 heterocycles. The van der Waals surface area contributed by atoms with E-state index in [0.717, 1.165) is 17.8 Å². The predicted octanol–water partition coefficient (Wildman–Crippen LogP) is 1.93. The van der Waals surface area contributed by atoms with Crippen LogP contribution < -0.4 is 10.5 Å². The van der Waals surface area contributed by atoms with Crippen molar-refractivity contribution in [2.24, 2.45) is 12.8 Å². The van der Waals surface area contributed by atoms with Crippen molar-refractivity contribution in [3.05, 3.63) is 51.3 Å². The maximum Gasteiger partial charge on any atom is 0.270 e. The molecule has 0 fully saturated rings. The summed E-state index contributed by atoms with van der Waals surface area (Å²) in [6, 6.07) is 6.41. The molecule has 21 heavy (non-hydrogen) atoms. The molecule has 0 amide bonds. The summed E-state index contributed by atoms with van der Waals surface area (Å²) in [5, 5.41) is 15.1. The Morgan fingerprint density at radius 2 is 2.19 bits per heavy atom. The number of aryl methyl sites for hydroxylation is 2. The number of rotatable bonds is 6. The van der Waals surface area contributed by atoms with Gasteiger partial charge in [-0.3, -0.25) is 14.8 Å². The molecule has 7 nitrogen and oxygen atoms in total. The van der Waals surface area contributed by atoms with Crippen molar-refractivity contribution in [2.75, 3.05) is 0 Å². The van der Waals surface area contributed by atoms with Gasteiger partial charge in [0.15, 0.2) is 0 Å². The van der Waals surface area contributed by atoms with E-state index in [-0.39, 0.29) is 12.2 Å². The zero-order valence-corrected chi connectivity index (χ0v) is 12.1. The Morgan fingerprint density at radius 1 is 1.43 bits per heavy atom. The molecule has 0 unspecified atom stereocenters.